The van der Waals surface area contributed by atoms with Gasteiger partial charge in [-0.05, 0) is 39.3 Å². The number of Topliss-reactive ketones (excluding diaryl/α,β-unsaturated/α-hetero) is 1. The highest BCUT2D eigenvalue weighted by Gasteiger charge is 2.18. The van der Waals surface area contributed by atoms with Gasteiger partial charge in [0, 0.05) is 19.0 Å². The van der Waals surface area contributed by atoms with Crippen molar-refractivity contribution in [2.75, 3.05) is 0 Å². The van der Waals surface area contributed by atoms with Crippen molar-refractivity contribution in [3.05, 3.63) is 89.5 Å². The summed E-state index contributed by atoms with van der Waals surface area (Å²) < 4.78 is 15.0. The Morgan fingerprint density at radius 3 is 2.34 bits per heavy atom. The van der Waals surface area contributed by atoms with E-state index in [1.165, 1.54) is 22.9 Å². The van der Waals surface area contributed by atoms with Gasteiger partial charge in [-0.3, -0.25) is 9.59 Å². The van der Waals surface area contributed by atoms with Gasteiger partial charge >= 0.3 is 5.97 Å². The number of nitrogens with zero attached hydrogens (tertiary/aromatic N) is 4. The van der Waals surface area contributed by atoms with Crippen LogP contribution >= 0.6 is 0 Å². The Bertz CT molecular complexity index is 1150. The molecule has 0 aliphatic rings. The predicted octanol–water partition coefficient (Wildman–Crippen LogP) is 2.66. The number of allylic oxidation sites excluding steroid dienone is 2. The first kappa shape index (κ1) is 22.7. The number of ketones is 1. The van der Waals surface area contributed by atoms with E-state index in [4.69, 9.17) is 5.11 Å². The van der Waals surface area contributed by atoms with Crippen molar-refractivity contribution in [3.8, 4) is 0 Å². The molecule has 2 N–H and O–H groups in total. The van der Waals surface area contributed by atoms with Gasteiger partial charge in [0.05, 0.1) is 6.10 Å². The van der Waals surface area contributed by atoms with E-state index in [0.717, 1.165) is 5.56 Å². The van der Waals surface area contributed by atoms with E-state index in [-0.39, 0.29) is 12.2 Å². The van der Waals surface area contributed by atoms with Gasteiger partial charge in [0.25, 0.3) is 0 Å². The number of aliphatic hydroxyl groups excluding tert-OH is 1. The highest BCUT2D eigenvalue weighted by molar-refractivity contribution is 6.01. The van der Waals surface area contributed by atoms with E-state index in [0.29, 0.717) is 22.5 Å². The lowest BCUT2D eigenvalue weighted by molar-refractivity contribution is -0.140. The number of tetrazole rings is 1. The Morgan fingerprint density at radius 2 is 1.75 bits per heavy atom. The van der Waals surface area contributed by atoms with E-state index in [1.54, 1.807) is 25.3 Å². The molecule has 0 saturated carbocycles. The molecule has 164 valence electrons. The number of carboxylic acid groups (broad SMARTS) is 1. The van der Waals surface area contributed by atoms with Gasteiger partial charge in [0.1, 0.15) is 18.0 Å². The largest absolute Gasteiger partial charge is 0.481 e. The van der Waals surface area contributed by atoms with Crippen LogP contribution in [0.2, 0.25) is 0 Å². The number of hydrogen-bond acceptors (Lipinski definition) is 6. The van der Waals surface area contributed by atoms with Gasteiger partial charge in [-0.25, -0.2) is 9.07 Å². The van der Waals surface area contributed by atoms with Gasteiger partial charge in [0.15, 0.2) is 5.82 Å². The fourth-order valence-electron chi connectivity index (χ4n) is 3.18. The first-order valence-electron chi connectivity index (χ1n) is 9.73. The van der Waals surface area contributed by atoms with Crippen molar-refractivity contribution in [1.29, 1.82) is 0 Å². The lowest BCUT2D eigenvalue weighted by atomic mass is 9.92. The molecule has 0 aliphatic heterocycles. The van der Waals surface area contributed by atoms with E-state index in [9.17, 15) is 19.1 Å². The molecule has 0 aliphatic carbocycles. The molecule has 0 spiro atoms. The zero-order chi connectivity index (χ0) is 23.1. The molecule has 0 radical (unpaired) electrons. The number of carbonyl (C=O) groups excluding carboxylic acids is 1. The van der Waals surface area contributed by atoms with Crippen LogP contribution in [-0.2, 0) is 16.6 Å². The molecule has 1 aromatic heterocycles. The zero-order valence-corrected chi connectivity index (χ0v) is 17.2. The van der Waals surface area contributed by atoms with Crippen molar-refractivity contribution >= 4 is 22.9 Å². The topological polar surface area (TPSA) is 118 Å². The second-order valence-electron chi connectivity index (χ2n) is 7.03. The first-order chi connectivity index (χ1) is 15.3. The third-order valence-corrected chi connectivity index (χ3v) is 4.60. The number of aliphatic hydroxyl groups is 1. The van der Waals surface area contributed by atoms with Gasteiger partial charge in [-0.2, -0.15) is 0 Å². The van der Waals surface area contributed by atoms with E-state index >= 15 is 0 Å². The van der Waals surface area contributed by atoms with E-state index < -0.39 is 24.3 Å². The minimum Gasteiger partial charge on any atom is -0.481 e. The van der Waals surface area contributed by atoms with Gasteiger partial charge in [-0.15, -0.1) is 5.10 Å². The highest BCUT2D eigenvalue weighted by atomic mass is 19.1. The van der Waals surface area contributed by atoms with Crippen molar-refractivity contribution in [1.82, 2.24) is 20.2 Å². The normalized spacial score (nSPS) is 13.1. The molecule has 32 heavy (non-hydrogen) atoms. The average Bonchev–Trinajstić information content (AvgIpc) is 3.17. The smallest absolute Gasteiger partial charge is 0.310 e. The minimum absolute atomic E-state index is 0.343. The van der Waals surface area contributed by atoms with Gasteiger partial charge < -0.3 is 10.2 Å². The van der Waals surface area contributed by atoms with Crippen molar-refractivity contribution in [2.24, 2.45) is 7.05 Å². The maximum atomic E-state index is 13.6. The Morgan fingerprint density at radius 1 is 1.09 bits per heavy atom. The van der Waals surface area contributed by atoms with Crippen LogP contribution < -0.4 is 0 Å². The third kappa shape index (κ3) is 5.79. The van der Waals surface area contributed by atoms with Crippen LogP contribution in [0, 0.1) is 5.82 Å². The average molecular weight is 436 g/mol. The molecule has 0 bridgehead atoms. The van der Waals surface area contributed by atoms with Gasteiger partial charge in [0.2, 0.25) is 0 Å². The summed E-state index contributed by atoms with van der Waals surface area (Å²) in [6, 6.07) is 15.3. The highest BCUT2D eigenvalue weighted by Crippen LogP contribution is 2.32. The molecule has 9 heteroatoms. The summed E-state index contributed by atoms with van der Waals surface area (Å²) in [6.45, 7) is 0. The van der Waals surface area contributed by atoms with Crippen molar-refractivity contribution in [2.45, 2.75) is 18.9 Å². The second-order valence-corrected chi connectivity index (χ2v) is 7.03. The van der Waals surface area contributed by atoms with Crippen LogP contribution in [0.25, 0.3) is 11.1 Å². The number of aromatic nitrogens is 4. The number of halogens is 1. The number of carbonyl (C=O) groups is 2. The molecule has 1 atom stereocenters. The summed E-state index contributed by atoms with van der Waals surface area (Å²) in [5.74, 6) is -1.85. The molecule has 0 saturated heterocycles. The van der Waals surface area contributed by atoms with Crippen molar-refractivity contribution in [3.63, 3.8) is 0 Å². The number of aliphatic carboxylic acids is 1. The Labute approximate surface area is 183 Å². The first-order valence-corrected chi connectivity index (χ1v) is 9.73. The second kappa shape index (κ2) is 10.4. The van der Waals surface area contributed by atoms with Crippen LogP contribution in [0.1, 0.15) is 29.8 Å². The number of hydrogen-bond donors (Lipinski definition) is 2. The standard InChI is InChI=1S/C23H21FN4O4/c1-28-23(25-26-27-28)20(12-11-18(29)13-19(30)14-21(31)32)22(15-5-3-2-4-6-15)16-7-9-17(24)10-8-16/h2-12,18,29H,13-14H2,1H3,(H,31,32)/b12-11+,22-20+. The quantitative estimate of drug-likeness (QED) is 0.391. The summed E-state index contributed by atoms with van der Waals surface area (Å²) in [5, 5.41) is 30.7. The maximum absolute atomic E-state index is 13.6. The molecule has 8 nitrogen and oxygen atoms in total. The molecule has 3 aromatic rings. The maximum Gasteiger partial charge on any atom is 0.310 e. The molecule has 1 heterocycles. The van der Waals surface area contributed by atoms with Crippen LogP contribution in [0.5, 0.6) is 0 Å². The van der Waals surface area contributed by atoms with E-state index in [1.807, 2.05) is 30.3 Å². The summed E-state index contributed by atoms with van der Waals surface area (Å²) in [5.41, 5.74) is 2.71. The molecule has 0 amide bonds. The fraction of sp³-hybridized carbons (Fsp3) is 0.174. The van der Waals surface area contributed by atoms with Crippen LogP contribution in [-0.4, -0.2) is 48.3 Å². The third-order valence-electron chi connectivity index (χ3n) is 4.60. The molecular formula is C23H21FN4O4. The molecular weight excluding hydrogens is 415 g/mol. The lowest BCUT2D eigenvalue weighted by Crippen LogP contribution is -2.14. The molecule has 1 unspecified atom stereocenters. The SMILES string of the molecule is Cn1nnnc1C(/C=C/C(O)CC(=O)CC(=O)O)=C(\c1ccccc1)c1ccc(F)cc1. The number of carboxylic acids is 1. The Kier molecular flexibility index (Phi) is 7.35. The summed E-state index contributed by atoms with van der Waals surface area (Å²) in [7, 11) is 1.66. The van der Waals surface area contributed by atoms with Crippen molar-refractivity contribution < 1.29 is 24.2 Å². The summed E-state index contributed by atoms with van der Waals surface area (Å²) in [4.78, 5) is 22.4. The number of aryl methyl sites for hydroxylation is 1. The lowest BCUT2D eigenvalue weighted by Gasteiger charge is -2.14. The Balaban J connectivity index is 2.12. The predicted molar refractivity (Wildman–Crippen MR) is 115 cm³/mol. The van der Waals surface area contributed by atoms with Crippen LogP contribution in [0.15, 0.2) is 66.7 Å². The van der Waals surface area contributed by atoms with Gasteiger partial charge in [-0.1, -0.05) is 54.6 Å². The summed E-state index contributed by atoms with van der Waals surface area (Å²) in [6.07, 6.45) is 0.755. The fourth-order valence-corrected chi connectivity index (χ4v) is 3.18. The van der Waals surface area contributed by atoms with Crippen LogP contribution in [0.4, 0.5) is 4.39 Å². The monoisotopic (exact) mass is 436 g/mol. The zero-order valence-electron chi connectivity index (χ0n) is 17.2. The Hall–Kier alpha value is -3.98. The minimum atomic E-state index is -1.25. The summed E-state index contributed by atoms with van der Waals surface area (Å²) >= 11 is 0. The molecule has 3 rings (SSSR count). The number of benzene rings is 2. The number of rotatable bonds is 9. The molecule has 0 fully saturated rings. The van der Waals surface area contributed by atoms with Crippen LogP contribution in [0.3, 0.4) is 0 Å². The van der Waals surface area contributed by atoms with E-state index in [2.05, 4.69) is 15.5 Å². The molecule has 2 aromatic carbocycles.